The van der Waals surface area contributed by atoms with Gasteiger partial charge in [-0.2, -0.15) is 0 Å². The van der Waals surface area contributed by atoms with Crippen LogP contribution in [0.25, 0.3) is 0 Å². The minimum atomic E-state index is -1.05. The molecule has 3 N–H and O–H groups in total. The van der Waals surface area contributed by atoms with E-state index in [9.17, 15) is 23.2 Å². The van der Waals surface area contributed by atoms with Crippen LogP contribution in [0.3, 0.4) is 0 Å². The van der Waals surface area contributed by atoms with Gasteiger partial charge in [0.05, 0.1) is 22.4 Å². The van der Waals surface area contributed by atoms with E-state index in [2.05, 4.69) is 5.32 Å². The second-order valence-electron chi connectivity index (χ2n) is 6.23. The zero-order valence-electron chi connectivity index (χ0n) is 14.3. The van der Waals surface area contributed by atoms with Crippen molar-refractivity contribution in [1.82, 2.24) is 0 Å². The van der Waals surface area contributed by atoms with Gasteiger partial charge < -0.3 is 11.1 Å². The number of nitrogens with two attached hydrogens (primary N) is 1. The smallest absolute Gasteiger partial charge is 0.258 e. The highest BCUT2D eigenvalue weighted by atomic mass is 19.1. The van der Waals surface area contributed by atoms with Gasteiger partial charge in [0.15, 0.2) is 11.6 Å². The van der Waals surface area contributed by atoms with E-state index in [0.29, 0.717) is 6.07 Å². The van der Waals surface area contributed by atoms with E-state index in [-0.39, 0.29) is 33.6 Å². The number of carbonyl (C=O) groups is 3. The maximum atomic E-state index is 13.9. The molecule has 0 radical (unpaired) electrons. The van der Waals surface area contributed by atoms with Crippen LogP contribution in [0.4, 0.5) is 20.2 Å². The minimum Gasteiger partial charge on any atom is -0.398 e. The van der Waals surface area contributed by atoms with Gasteiger partial charge >= 0.3 is 0 Å². The van der Waals surface area contributed by atoms with E-state index in [1.54, 1.807) is 12.1 Å². The molecule has 0 aromatic heterocycles. The molecule has 7 heteroatoms. The standard InChI is InChI=1S/C21H12F2N2O3/c22-10-5-6-13(14(23)9-10)21(28)25-16-8-7-15(24)17-18(16)20(27)12-4-2-1-3-11(12)19(17)26/h1-9H,24H2,(H,25,28). The molecular weight excluding hydrogens is 366 g/mol. The number of ketones is 2. The number of hydrogen-bond donors (Lipinski definition) is 2. The Morgan fingerprint density at radius 3 is 2.14 bits per heavy atom. The van der Waals surface area contributed by atoms with Gasteiger partial charge in [0, 0.05) is 22.9 Å². The first-order valence-corrected chi connectivity index (χ1v) is 8.26. The molecule has 28 heavy (non-hydrogen) atoms. The van der Waals surface area contributed by atoms with Crippen molar-refractivity contribution in [2.75, 3.05) is 11.1 Å². The molecular formula is C21H12F2N2O3. The van der Waals surface area contributed by atoms with E-state index in [4.69, 9.17) is 5.73 Å². The molecule has 0 unspecified atom stereocenters. The average Bonchev–Trinajstić information content (AvgIpc) is 2.67. The van der Waals surface area contributed by atoms with Crippen molar-refractivity contribution in [3.05, 3.63) is 94.0 Å². The number of rotatable bonds is 2. The van der Waals surface area contributed by atoms with Crippen LogP contribution < -0.4 is 11.1 Å². The van der Waals surface area contributed by atoms with E-state index < -0.39 is 34.7 Å². The van der Waals surface area contributed by atoms with Gasteiger partial charge in [-0.25, -0.2) is 8.78 Å². The number of nitrogens with one attached hydrogen (secondary N) is 1. The predicted octanol–water partition coefficient (Wildman–Crippen LogP) is 3.57. The van der Waals surface area contributed by atoms with Gasteiger partial charge in [-0.15, -0.1) is 0 Å². The molecule has 1 aliphatic carbocycles. The Morgan fingerprint density at radius 1 is 0.857 bits per heavy atom. The number of fused-ring (bicyclic) bond motifs is 2. The van der Waals surface area contributed by atoms with Crippen molar-refractivity contribution in [3.8, 4) is 0 Å². The average molecular weight is 378 g/mol. The molecule has 0 aliphatic heterocycles. The summed E-state index contributed by atoms with van der Waals surface area (Å²) in [4.78, 5) is 38.3. The Kier molecular flexibility index (Phi) is 4.00. The maximum Gasteiger partial charge on any atom is 0.258 e. The Bertz CT molecular complexity index is 1190. The summed E-state index contributed by atoms with van der Waals surface area (Å²) in [6, 6.07) is 11.6. The molecule has 138 valence electrons. The molecule has 1 aliphatic rings. The second kappa shape index (κ2) is 6.38. The van der Waals surface area contributed by atoms with Gasteiger partial charge in [-0.3, -0.25) is 14.4 Å². The quantitative estimate of drug-likeness (QED) is 0.522. The third-order valence-electron chi connectivity index (χ3n) is 4.53. The van der Waals surface area contributed by atoms with Crippen LogP contribution in [0.2, 0.25) is 0 Å². The minimum absolute atomic E-state index is 0.0129. The van der Waals surface area contributed by atoms with Gasteiger partial charge in [-0.1, -0.05) is 24.3 Å². The van der Waals surface area contributed by atoms with E-state index in [1.165, 1.54) is 24.3 Å². The van der Waals surface area contributed by atoms with Crippen LogP contribution in [0.1, 0.15) is 42.2 Å². The summed E-state index contributed by atoms with van der Waals surface area (Å²) in [5.41, 5.74) is 5.97. The Balaban J connectivity index is 1.81. The highest BCUT2D eigenvalue weighted by Crippen LogP contribution is 2.35. The number of halogens is 2. The second-order valence-corrected chi connectivity index (χ2v) is 6.23. The number of nitrogen functional groups attached to an aromatic ring is 1. The highest BCUT2D eigenvalue weighted by Gasteiger charge is 2.33. The van der Waals surface area contributed by atoms with Crippen molar-refractivity contribution in [3.63, 3.8) is 0 Å². The molecule has 1 amide bonds. The Hall–Kier alpha value is -3.87. The molecule has 3 aromatic rings. The van der Waals surface area contributed by atoms with Crippen molar-refractivity contribution >= 4 is 28.8 Å². The third kappa shape index (κ3) is 2.64. The maximum absolute atomic E-state index is 13.9. The molecule has 0 spiro atoms. The van der Waals surface area contributed by atoms with Crippen LogP contribution in [0.5, 0.6) is 0 Å². The van der Waals surface area contributed by atoms with Crippen molar-refractivity contribution in [1.29, 1.82) is 0 Å². The van der Waals surface area contributed by atoms with E-state index in [1.807, 2.05) is 0 Å². The topological polar surface area (TPSA) is 89.3 Å². The zero-order valence-corrected chi connectivity index (χ0v) is 14.3. The lowest BCUT2D eigenvalue weighted by Crippen LogP contribution is -2.25. The Morgan fingerprint density at radius 2 is 1.50 bits per heavy atom. The van der Waals surface area contributed by atoms with Crippen LogP contribution in [-0.4, -0.2) is 17.5 Å². The van der Waals surface area contributed by atoms with Gasteiger partial charge in [0.2, 0.25) is 0 Å². The molecule has 0 saturated carbocycles. The van der Waals surface area contributed by atoms with Crippen LogP contribution in [-0.2, 0) is 0 Å². The molecule has 0 fully saturated rings. The predicted molar refractivity (Wildman–Crippen MR) is 98.5 cm³/mol. The van der Waals surface area contributed by atoms with Crippen molar-refractivity contribution in [2.45, 2.75) is 0 Å². The molecule has 0 atom stereocenters. The number of carbonyl (C=O) groups excluding carboxylic acids is 3. The van der Waals surface area contributed by atoms with Gasteiger partial charge in [0.25, 0.3) is 5.91 Å². The Labute approximate surface area is 157 Å². The zero-order chi connectivity index (χ0) is 20.0. The number of amides is 1. The first kappa shape index (κ1) is 17.5. The fraction of sp³-hybridized carbons (Fsp3) is 0. The summed E-state index contributed by atoms with van der Waals surface area (Å²) in [6.07, 6.45) is 0. The summed E-state index contributed by atoms with van der Waals surface area (Å²) in [7, 11) is 0. The number of anilines is 2. The van der Waals surface area contributed by atoms with Crippen molar-refractivity contribution in [2.24, 2.45) is 0 Å². The van der Waals surface area contributed by atoms with E-state index in [0.717, 1.165) is 12.1 Å². The lowest BCUT2D eigenvalue weighted by atomic mass is 9.82. The fourth-order valence-corrected chi connectivity index (χ4v) is 3.22. The summed E-state index contributed by atoms with van der Waals surface area (Å²) in [6.45, 7) is 0. The van der Waals surface area contributed by atoms with E-state index >= 15 is 0 Å². The molecule has 0 saturated heterocycles. The SMILES string of the molecule is Nc1ccc(NC(=O)c2ccc(F)cc2F)c2c1C(=O)c1ccccc1C2=O. The monoisotopic (exact) mass is 378 g/mol. The van der Waals surface area contributed by atoms with Crippen molar-refractivity contribution < 1.29 is 23.2 Å². The molecule has 0 bridgehead atoms. The largest absolute Gasteiger partial charge is 0.398 e. The first-order chi connectivity index (χ1) is 13.4. The lowest BCUT2D eigenvalue weighted by Gasteiger charge is -2.21. The number of hydrogen-bond acceptors (Lipinski definition) is 4. The van der Waals surface area contributed by atoms with Gasteiger partial charge in [0.1, 0.15) is 11.6 Å². The first-order valence-electron chi connectivity index (χ1n) is 8.26. The summed E-state index contributed by atoms with van der Waals surface area (Å²) in [5, 5.41) is 2.43. The van der Waals surface area contributed by atoms with Crippen LogP contribution >= 0.6 is 0 Å². The number of benzene rings is 3. The van der Waals surface area contributed by atoms with Crippen LogP contribution in [0.15, 0.2) is 54.6 Å². The third-order valence-corrected chi connectivity index (χ3v) is 4.53. The molecule has 4 rings (SSSR count). The highest BCUT2D eigenvalue weighted by molar-refractivity contribution is 6.32. The fourth-order valence-electron chi connectivity index (χ4n) is 3.22. The summed E-state index contributed by atoms with van der Waals surface area (Å²) < 4.78 is 27.0. The molecule has 0 heterocycles. The molecule has 3 aromatic carbocycles. The van der Waals surface area contributed by atoms with Gasteiger partial charge in [-0.05, 0) is 24.3 Å². The lowest BCUT2D eigenvalue weighted by molar-refractivity contribution is 0.0979. The normalized spacial score (nSPS) is 12.4. The van der Waals surface area contributed by atoms with Crippen LogP contribution in [0, 0.1) is 11.6 Å². The summed E-state index contributed by atoms with van der Waals surface area (Å²) in [5.74, 6) is -3.67. The molecule has 5 nitrogen and oxygen atoms in total. The summed E-state index contributed by atoms with van der Waals surface area (Å²) >= 11 is 0.